The van der Waals surface area contributed by atoms with Crippen LogP contribution in [-0.2, 0) is 0 Å². The Bertz CT molecular complexity index is 734. The standard InChI is InChI=1S/C14H10BrClN2O3/c15-10-5-7(1-3-11(10)16)13(19)18-12-4-2-8(17)6-9(12)14(20)21/h1-6H,17H2,(H,18,19)(H,20,21). The molecule has 0 aliphatic heterocycles. The SMILES string of the molecule is Nc1ccc(NC(=O)c2ccc(Cl)c(Br)c2)c(C(=O)O)c1. The van der Waals surface area contributed by atoms with Gasteiger partial charge in [-0.2, -0.15) is 0 Å². The summed E-state index contributed by atoms with van der Waals surface area (Å²) in [5.74, 6) is -1.62. The molecule has 0 heterocycles. The molecule has 21 heavy (non-hydrogen) atoms. The number of hydrogen-bond acceptors (Lipinski definition) is 3. The molecule has 108 valence electrons. The first-order chi connectivity index (χ1) is 9.88. The van der Waals surface area contributed by atoms with Crippen molar-refractivity contribution in [2.45, 2.75) is 0 Å². The summed E-state index contributed by atoms with van der Waals surface area (Å²) in [5, 5.41) is 12.1. The van der Waals surface area contributed by atoms with Crippen LogP contribution in [-0.4, -0.2) is 17.0 Å². The Hall–Kier alpha value is -2.05. The molecular weight excluding hydrogens is 360 g/mol. The summed E-state index contributed by atoms with van der Waals surface area (Å²) in [6, 6.07) is 8.91. The van der Waals surface area contributed by atoms with E-state index in [2.05, 4.69) is 21.2 Å². The van der Waals surface area contributed by atoms with Crippen molar-refractivity contribution in [3.05, 3.63) is 57.0 Å². The van der Waals surface area contributed by atoms with Crippen LogP contribution in [0.3, 0.4) is 0 Å². The van der Waals surface area contributed by atoms with Crippen LogP contribution in [0, 0.1) is 0 Å². The van der Waals surface area contributed by atoms with Crippen molar-refractivity contribution in [1.82, 2.24) is 0 Å². The van der Waals surface area contributed by atoms with E-state index >= 15 is 0 Å². The van der Waals surface area contributed by atoms with E-state index in [1.807, 2.05) is 0 Å². The first-order valence-electron chi connectivity index (χ1n) is 5.77. The Balaban J connectivity index is 2.31. The molecule has 0 spiro atoms. The summed E-state index contributed by atoms with van der Waals surface area (Å²) < 4.78 is 0.576. The molecule has 7 heteroatoms. The van der Waals surface area contributed by atoms with E-state index in [0.29, 0.717) is 20.7 Å². The van der Waals surface area contributed by atoms with Gasteiger partial charge in [0.25, 0.3) is 5.91 Å². The molecule has 2 aromatic rings. The molecule has 0 radical (unpaired) electrons. The van der Waals surface area contributed by atoms with Crippen LogP contribution >= 0.6 is 27.5 Å². The number of nitrogen functional groups attached to an aromatic ring is 1. The third kappa shape index (κ3) is 3.53. The number of nitrogens with one attached hydrogen (secondary N) is 1. The fraction of sp³-hybridized carbons (Fsp3) is 0. The number of carbonyl (C=O) groups is 2. The average molecular weight is 370 g/mol. The molecular formula is C14H10BrClN2O3. The van der Waals surface area contributed by atoms with E-state index in [-0.39, 0.29) is 11.3 Å². The highest BCUT2D eigenvalue weighted by Crippen LogP contribution is 2.24. The second-order valence-electron chi connectivity index (χ2n) is 4.19. The van der Waals surface area contributed by atoms with Crippen molar-refractivity contribution in [2.75, 3.05) is 11.1 Å². The van der Waals surface area contributed by atoms with Gasteiger partial charge in [-0.05, 0) is 52.3 Å². The minimum atomic E-state index is -1.17. The van der Waals surface area contributed by atoms with Gasteiger partial charge in [0.05, 0.1) is 16.3 Å². The highest BCUT2D eigenvalue weighted by atomic mass is 79.9. The van der Waals surface area contributed by atoms with Crippen LogP contribution in [0.25, 0.3) is 0 Å². The second kappa shape index (κ2) is 6.15. The van der Waals surface area contributed by atoms with Crippen molar-refractivity contribution in [3.63, 3.8) is 0 Å². The van der Waals surface area contributed by atoms with Crippen molar-refractivity contribution >= 4 is 50.8 Å². The van der Waals surface area contributed by atoms with Gasteiger partial charge in [0.15, 0.2) is 0 Å². The smallest absolute Gasteiger partial charge is 0.337 e. The predicted molar refractivity (Wildman–Crippen MR) is 84.9 cm³/mol. The molecule has 0 aliphatic carbocycles. The van der Waals surface area contributed by atoms with E-state index in [1.165, 1.54) is 18.2 Å². The summed E-state index contributed by atoms with van der Waals surface area (Å²) >= 11 is 9.08. The topological polar surface area (TPSA) is 92.4 Å². The first kappa shape index (κ1) is 15.3. The number of amides is 1. The van der Waals surface area contributed by atoms with Gasteiger partial charge in [-0.1, -0.05) is 11.6 Å². The van der Waals surface area contributed by atoms with E-state index in [0.717, 1.165) is 0 Å². The van der Waals surface area contributed by atoms with E-state index < -0.39 is 11.9 Å². The molecule has 0 aromatic heterocycles. The van der Waals surface area contributed by atoms with Crippen LogP contribution in [0.1, 0.15) is 20.7 Å². The zero-order valence-corrected chi connectivity index (χ0v) is 12.9. The van der Waals surface area contributed by atoms with Crippen molar-refractivity contribution in [2.24, 2.45) is 0 Å². The molecule has 2 aromatic carbocycles. The van der Waals surface area contributed by atoms with E-state index in [1.54, 1.807) is 18.2 Å². The highest BCUT2D eigenvalue weighted by molar-refractivity contribution is 9.10. The number of anilines is 2. The summed E-state index contributed by atoms with van der Waals surface area (Å²) in [6.45, 7) is 0. The number of carboxylic acid groups (broad SMARTS) is 1. The molecule has 4 N–H and O–H groups in total. The van der Waals surface area contributed by atoms with Crippen LogP contribution in [0.2, 0.25) is 5.02 Å². The van der Waals surface area contributed by atoms with Crippen molar-refractivity contribution in [1.29, 1.82) is 0 Å². The summed E-state index contributed by atoms with van der Waals surface area (Å²) in [6.07, 6.45) is 0. The number of aromatic carboxylic acids is 1. The first-order valence-corrected chi connectivity index (χ1v) is 6.95. The average Bonchev–Trinajstić information content (AvgIpc) is 2.43. The van der Waals surface area contributed by atoms with E-state index in [4.69, 9.17) is 22.4 Å². The van der Waals surface area contributed by atoms with Crippen LogP contribution in [0.15, 0.2) is 40.9 Å². The zero-order chi connectivity index (χ0) is 15.6. The summed E-state index contributed by atoms with van der Waals surface area (Å²) in [7, 11) is 0. The van der Waals surface area contributed by atoms with Crippen LogP contribution < -0.4 is 11.1 Å². The fourth-order valence-electron chi connectivity index (χ4n) is 1.68. The van der Waals surface area contributed by atoms with Gasteiger partial charge in [-0.15, -0.1) is 0 Å². The molecule has 2 rings (SSSR count). The van der Waals surface area contributed by atoms with Crippen molar-refractivity contribution < 1.29 is 14.7 Å². The summed E-state index contributed by atoms with van der Waals surface area (Å²) in [4.78, 5) is 23.3. The Morgan fingerprint density at radius 2 is 1.90 bits per heavy atom. The minimum absolute atomic E-state index is 0.0728. The van der Waals surface area contributed by atoms with Gasteiger partial charge in [-0.25, -0.2) is 4.79 Å². The van der Waals surface area contributed by atoms with Gasteiger partial charge >= 0.3 is 5.97 Å². The van der Waals surface area contributed by atoms with Crippen LogP contribution in [0.4, 0.5) is 11.4 Å². The zero-order valence-electron chi connectivity index (χ0n) is 10.6. The van der Waals surface area contributed by atoms with Gasteiger partial charge in [0.2, 0.25) is 0 Å². The largest absolute Gasteiger partial charge is 0.478 e. The molecule has 0 saturated heterocycles. The monoisotopic (exact) mass is 368 g/mol. The van der Waals surface area contributed by atoms with Gasteiger partial charge in [0, 0.05) is 15.7 Å². The molecule has 0 bridgehead atoms. The number of hydrogen-bond donors (Lipinski definition) is 3. The Morgan fingerprint density at radius 1 is 1.19 bits per heavy atom. The van der Waals surface area contributed by atoms with Gasteiger partial charge in [0.1, 0.15) is 0 Å². The maximum atomic E-state index is 12.1. The maximum absolute atomic E-state index is 12.1. The lowest BCUT2D eigenvalue weighted by Crippen LogP contribution is -2.15. The van der Waals surface area contributed by atoms with Gasteiger partial charge in [-0.3, -0.25) is 4.79 Å². The number of carboxylic acids is 1. The molecule has 0 aliphatic rings. The third-order valence-corrected chi connectivity index (χ3v) is 3.92. The maximum Gasteiger partial charge on any atom is 0.337 e. The Morgan fingerprint density at radius 3 is 2.52 bits per heavy atom. The third-order valence-electron chi connectivity index (χ3n) is 2.70. The highest BCUT2D eigenvalue weighted by Gasteiger charge is 2.14. The second-order valence-corrected chi connectivity index (χ2v) is 5.45. The molecule has 5 nitrogen and oxygen atoms in total. The summed E-state index contributed by atoms with van der Waals surface area (Å²) in [5.41, 5.74) is 6.30. The molecule has 1 amide bonds. The number of benzene rings is 2. The molecule has 0 saturated carbocycles. The molecule has 0 atom stereocenters. The Labute approximate surface area is 133 Å². The fourth-order valence-corrected chi connectivity index (χ4v) is 2.18. The number of carbonyl (C=O) groups excluding carboxylic acids is 1. The number of rotatable bonds is 3. The number of halogens is 2. The predicted octanol–water partition coefficient (Wildman–Crippen LogP) is 3.64. The van der Waals surface area contributed by atoms with Crippen LogP contribution in [0.5, 0.6) is 0 Å². The van der Waals surface area contributed by atoms with E-state index in [9.17, 15) is 9.59 Å². The quantitative estimate of drug-likeness (QED) is 0.720. The number of nitrogens with two attached hydrogens (primary N) is 1. The lowest BCUT2D eigenvalue weighted by atomic mass is 10.1. The normalized spacial score (nSPS) is 10.2. The molecule has 0 unspecified atom stereocenters. The lowest BCUT2D eigenvalue weighted by molar-refractivity contribution is 0.0698. The Kier molecular flexibility index (Phi) is 4.50. The lowest BCUT2D eigenvalue weighted by Gasteiger charge is -2.09. The molecule has 0 fully saturated rings. The van der Waals surface area contributed by atoms with Gasteiger partial charge < -0.3 is 16.2 Å². The van der Waals surface area contributed by atoms with Crippen molar-refractivity contribution in [3.8, 4) is 0 Å². The minimum Gasteiger partial charge on any atom is -0.478 e.